The van der Waals surface area contributed by atoms with Crippen molar-refractivity contribution in [2.75, 3.05) is 6.54 Å². The Morgan fingerprint density at radius 3 is 2.66 bits per heavy atom. The van der Waals surface area contributed by atoms with Crippen molar-refractivity contribution in [1.82, 2.24) is 30.3 Å². The molecule has 4 rings (SSSR count). The summed E-state index contributed by atoms with van der Waals surface area (Å²) in [6, 6.07) is 3.26. The summed E-state index contributed by atoms with van der Waals surface area (Å²) >= 11 is 6.17. The zero-order chi connectivity index (χ0) is 27.4. The van der Waals surface area contributed by atoms with Crippen LogP contribution in [0.2, 0.25) is 5.02 Å². The van der Waals surface area contributed by atoms with Gasteiger partial charge in [0.15, 0.2) is 0 Å². The van der Waals surface area contributed by atoms with E-state index >= 15 is 0 Å². The highest BCUT2D eigenvalue weighted by Gasteiger charge is 2.43. The van der Waals surface area contributed by atoms with Crippen molar-refractivity contribution >= 4 is 29.5 Å². The number of amides is 3. The zero-order valence-electron chi connectivity index (χ0n) is 21.8. The molecule has 1 aliphatic carbocycles. The Morgan fingerprint density at radius 2 is 2.03 bits per heavy atom. The first-order valence-electron chi connectivity index (χ1n) is 12.9. The third kappa shape index (κ3) is 7.00. The van der Waals surface area contributed by atoms with Gasteiger partial charge in [0, 0.05) is 18.0 Å². The summed E-state index contributed by atoms with van der Waals surface area (Å²) in [5.74, 6) is -0.676. The van der Waals surface area contributed by atoms with Crippen LogP contribution in [0, 0.1) is 5.92 Å². The maximum Gasteiger partial charge on any atom is 0.408 e. The Kier molecular flexibility index (Phi) is 8.54. The van der Waals surface area contributed by atoms with Crippen LogP contribution in [-0.4, -0.2) is 68.0 Å². The Hall–Kier alpha value is -3.21. The normalized spacial score (nSPS) is 20.5. The molecule has 10 nitrogen and oxygen atoms in total. The van der Waals surface area contributed by atoms with E-state index in [1.54, 1.807) is 43.7 Å². The SMILES string of the molecule is CC(C)(C)OC(=O)N[C@@H](CC1CCC1)C(=O)N1C[C@H](F)C[C@H]1C(=O)NCc1cc(Cl)ccc1-n1cncn1. The van der Waals surface area contributed by atoms with Crippen LogP contribution < -0.4 is 10.6 Å². The maximum atomic E-state index is 14.6. The highest BCUT2D eigenvalue weighted by molar-refractivity contribution is 6.30. The molecule has 2 heterocycles. The topological polar surface area (TPSA) is 118 Å². The number of nitrogens with zero attached hydrogens (tertiary/aromatic N) is 4. The molecular formula is C26H34ClFN6O4. The molecule has 1 saturated carbocycles. The average molecular weight is 549 g/mol. The van der Waals surface area contributed by atoms with Crippen LogP contribution in [-0.2, 0) is 20.9 Å². The number of carbonyl (C=O) groups excluding carboxylic acids is 3. The first kappa shape index (κ1) is 27.8. The number of aromatic nitrogens is 3. The molecule has 2 fully saturated rings. The van der Waals surface area contributed by atoms with Crippen LogP contribution in [0.3, 0.4) is 0 Å². The number of alkyl carbamates (subject to hydrolysis) is 1. The van der Waals surface area contributed by atoms with Crippen LogP contribution in [0.4, 0.5) is 9.18 Å². The molecule has 0 spiro atoms. The van der Waals surface area contributed by atoms with Gasteiger partial charge in [-0.05, 0) is 56.9 Å². The van der Waals surface area contributed by atoms with Crippen molar-refractivity contribution in [3.05, 3.63) is 41.4 Å². The van der Waals surface area contributed by atoms with Gasteiger partial charge >= 0.3 is 6.09 Å². The van der Waals surface area contributed by atoms with E-state index in [1.165, 1.54) is 17.6 Å². The van der Waals surface area contributed by atoms with E-state index in [9.17, 15) is 18.8 Å². The number of ether oxygens (including phenoxy) is 1. The second-order valence-corrected chi connectivity index (χ2v) is 11.3. The zero-order valence-corrected chi connectivity index (χ0v) is 22.6. The van der Waals surface area contributed by atoms with Gasteiger partial charge in [0.05, 0.1) is 12.2 Å². The van der Waals surface area contributed by atoms with E-state index in [0.717, 1.165) is 19.3 Å². The van der Waals surface area contributed by atoms with E-state index in [-0.39, 0.29) is 25.4 Å². The van der Waals surface area contributed by atoms with Gasteiger partial charge in [-0.15, -0.1) is 0 Å². The van der Waals surface area contributed by atoms with Crippen LogP contribution in [0.5, 0.6) is 0 Å². The number of rotatable bonds is 8. The van der Waals surface area contributed by atoms with Gasteiger partial charge in [-0.25, -0.2) is 18.9 Å². The third-order valence-electron chi connectivity index (χ3n) is 6.78. The molecule has 0 bridgehead atoms. The lowest BCUT2D eigenvalue weighted by Crippen LogP contribution is -2.54. The van der Waals surface area contributed by atoms with E-state index in [2.05, 4.69) is 20.7 Å². The van der Waals surface area contributed by atoms with Gasteiger partial charge in [-0.2, -0.15) is 5.10 Å². The van der Waals surface area contributed by atoms with Crippen molar-refractivity contribution in [3.8, 4) is 5.69 Å². The van der Waals surface area contributed by atoms with E-state index < -0.39 is 41.8 Å². The minimum Gasteiger partial charge on any atom is -0.444 e. The highest BCUT2D eigenvalue weighted by Crippen LogP contribution is 2.32. The summed E-state index contributed by atoms with van der Waals surface area (Å²) in [6.45, 7) is 5.08. The van der Waals surface area contributed by atoms with Gasteiger partial charge in [0.25, 0.3) is 0 Å². The number of halogens is 2. The van der Waals surface area contributed by atoms with Crippen molar-refractivity contribution in [2.24, 2.45) is 5.92 Å². The fourth-order valence-corrected chi connectivity index (χ4v) is 4.96. The van der Waals surface area contributed by atoms with Gasteiger partial charge in [-0.3, -0.25) is 9.59 Å². The van der Waals surface area contributed by atoms with Crippen LogP contribution in [0.25, 0.3) is 5.69 Å². The summed E-state index contributed by atoms with van der Waals surface area (Å²) < 4.78 is 21.5. The number of likely N-dealkylation sites (tertiary alicyclic amines) is 1. The van der Waals surface area contributed by atoms with Gasteiger partial charge in [0.1, 0.15) is 36.5 Å². The van der Waals surface area contributed by atoms with Crippen molar-refractivity contribution in [2.45, 2.75) is 83.3 Å². The Bertz CT molecular complexity index is 1150. The number of alkyl halides is 1. The van der Waals surface area contributed by atoms with E-state index in [1.807, 2.05) is 0 Å². The summed E-state index contributed by atoms with van der Waals surface area (Å²) in [7, 11) is 0. The molecule has 0 radical (unpaired) electrons. The monoisotopic (exact) mass is 548 g/mol. The fraction of sp³-hybridized carbons (Fsp3) is 0.577. The Balaban J connectivity index is 1.46. The van der Waals surface area contributed by atoms with Gasteiger partial charge in [-0.1, -0.05) is 30.9 Å². The number of hydrogen-bond acceptors (Lipinski definition) is 6. The quantitative estimate of drug-likeness (QED) is 0.521. The van der Waals surface area contributed by atoms with Crippen LogP contribution in [0.15, 0.2) is 30.9 Å². The lowest BCUT2D eigenvalue weighted by atomic mass is 9.80. The van der Waals surface area contributed by atoms with Crippen LogP contribution in [0.1, 0.15) is 58.4 Å². The lowest BCUT2D eigenvalue weighted by molar-refractivity contribution is -0.140. The van der Waals surface area contributed by atoms with E-state index in [0.29, 0.717) is 22.7 Å². The molecule has 1 saturated heterocycles. The van der Waals surface area contributed by atoms with Gasteiger partial charge in [0.2, 0.25) is 11.8 Å². The molecule has 2 N–H and O–H groups in total. The van der Waals surface area contributed by atoms with Crippen molar-refractivity contribution in [1.29, 1.82) is 0 Å². The number of nitrogens with one attached hydrogen (secondary N) is 2. The maximum absolute atomic E-state index is 14.6. The summed E-state index contributed by atoms with van der Waals surface area (Å²) in [5, 5.41) is 10.1. The van der Waals surface area contributed by atoms with Crippen LogP contribution >= 0.6 is 11.6 Å². The number of carbonyl (C=O) groups is 3. The summed E-state index contributed by atoms with van der Waals surface area (Å²) in [4.78, 5) is 44.5. The number of hydrogen-bond donors (Lipinski definition) is 2. The summed E-state index contributed by atoms with van der Waals surface area (Å²) in [6.07, 6.45) is 4.15. The minimum absolute atomic E-state index is 0.0890. The second-order valence-electron chi connectivity index (χ2n) is 10.9. The van der Waals surface area contributed by atoms with E-state index in [4.69, 9.17) is 16.3 Å². The molecule has 1 aromatic heterocycles. The number of benzene rings is 1. The largest absolute Gasteiger partial charge is 0.444 e. The van der Waals surface area contributed by atoms with Crippen molar-refractivity contribution in [3.63, 3.8) is 0 Å². The predicted octanol–water partition coefficient (Wildman–Crippen LogP) is 3.56. The highest BCUT2D eigenvalue weighted by atomic mass is 35.5. The first-order valence-corrected chi connectivity index (χ1v) is 13.2. The Labute approximate surface area is 226 Å². The first-order chi connectivity index (χ1) is 18.0. The molecule has 206 valence electrons. The molecule has 38 heavy (non-hydrogen) atoms. The molecule has 2 aromatic rings. The molecule has 1 aliphatic heterocycles. The lowest BCUT2D eigenvalue weighted by Gasteiger charge is -2.33. The predicted molar refractivity (Wildman–Crippen MR) is 138 cm³/mol. The summed E-state index contributed by atoms with van der Waals surface area (Å²) in [5.41, 5.74) is 0.621. The molecule has 0 unspecified atom stereocenters. The molecule has 2 aliphatic rings. The molecular weight excluding hydrogens is 515 g/mol. The van der Waals surface area contributed by atoms with Crippen molar-refractivity contribution < 1.29 is 23.5 Å². The third-order valence-corrected chi connectivity index (χ3v) is 7.01. The fourth-order valence-electron chi connectivity index (χ4n) is 4.76. The Morgan fingerprint density at radius 1 is 1.26 bits per heavy atom. The smallest absolute Gasteiger partial charge is 0.408 e. The molecule has 3 amide bonds. The molecule has 12 heteroatoms. The standard InChI is InChI=1S/C26H34ClFN6O4/c1-26(2,3)38-25(37)32-20(9-16-5-4-6-16)24(36)33-13-19(28)11-22(33)23(35)30-12-17-10-18(27)7-8-21(17)34-15-29-14-31-34/h7-8,10,14-16,19-20,22H,4-6,9,11-13H2,1-3H3,(H,30,35)(H,32,37)/t19-,20+,22+/m1/s1. The molecule has 3 atom stereocenters. The average Bonchev–Trinajstić information content (AvgIpc) is 3.47. The van der Waals surface area contributed by atoms with Gasteiger partial charge < -0.3 is 20.3 Å². The second kappa shape index (κ2) is 11.7. The minimum atomic E-state index is -1.35. The molecule has 1 aromatic carbocycles.